The van der Waals surface area contributed by atoms with Gasteiger partial charge in [0.2, 0.25) is 5.60 Å². The number of nitrogens with one attached hydrogen (secondary N) is 1. The maximum atomic E-state index is 15.3. The highest BCUT2D eigenvalue weighted by molar-refractivity contribution is 6.35. The highest BCUT2D eigenvalue weighted by Gasteiger charge is 2.80. The number of benzene rings is 2. The molecule has 1 unspecified atom stereocenters. The van der Waals surface area contributed by atoms with Gasteiger partial charge in [0.05, 0.1) is 37.9 Å². The molecule has 6 heterocycles. The normalized spacial score (nSPS) is 34.4. The molecular formula is C46H55ClN4O8. The molecule has 2 fully saturated rings. The summed E-state index contributed by atoms with van der Waals surface area (Å²) in [7, 11) is 6.19. The Kier molecular flexibility index (Phi) is 9.58. The van der Waals surface area contributed by atoms with Gasteiger partial charge in [0.25, 0.3) is 0 Å². The van der Waals surface area contributed by atoms with Gasteiger partial charge < -0.3 is 33.9 Å². The first kappa shape index (κ1) is 40.1. The van der Waals surface area contributed by atoms with E-state index in [1.165, 1.54) is 26.7 Å². The number of ether oxygens (including phenoxy) is 4. The Morgan fingerprint density at radius 1 is 1.03 bits per heavy atom. The van der Waals surface area contributed by atoms with E-state index in [1.807, 2.05) is 37.1 Å². The molecule has 9 atom stereocenters. The number of rotatable bonds is 7. The van der Waals surface area contributed by atoms with Crippen molar-refractivity contribution in [3.05, 3.63) is 81.5 Å². The van der Waals surface area contributed by atoms with Crippen LogP contribution in [-0.2, 0) is 45.8 Å². The van der Waals surface area contributed by atoms with Crippen LogP contribution in [0.15, 0.2) is 54.1 Å². The molecule has 1 aromatic heterocycles. The van der Waals surface area contributed by atoms with Crippen LogP contribution < -0.4 is 9.64 Å². The van der Waals surface area contributed by atoms with Crippen LogP contribution in [0.4, 0.5) is 5.69 Å². The van der Waals surface area contributed by atoms with Gasteiger partial charge in [0, 0.05) is 85.4 Å². The van der Waals surface area contributed by atoms with Gasteiger partial charge in [-0.05, 0) is 67.8 Å². The monoisotopic (exact) mass is 826 g/mol. The molecule has 13 heteroatoms. The predicted octanol–water partition coefficient (Wildman–Crippen LogP) is 5.45. The molecule has 1 saturated carbocycles. The number of esters is 3. The van der Waals surface area contributed by atoms with Crippen LogP contribution in [0.3, 0.4) is 0 Å². The zero-order valence-corrected chi connectivity index (χ0v) is 35.8. The van der Waals surface area contributed by atoms with E-state index in [2.05, 4.69) is 52.1 Å². The van der Waals surface area contributed by atoms with Crippen LogP contribution in [-0.4, -0.2) is 123 Å². The van der Waals surface area contributed by atoms with E-state index < -0.39 is 51.9 Å². The summed E-state index contributed by atoms with van der Waals surface area (Å²) in [4.78, 5) is 53.3. The number of likely N-dealkylation sites (N-methyl/N-ethyl adjacent to an activating group) is 1. The van der Waals surface area contributed by atoms with Crippen molar-refractivity contribution in [3.8, 4) is 5.75 Å². The number of aromatic amines is 1. The third-order valence-corrected chi connectivity index (χ3v) is 15.4. The van der Waals surface area contributed by atoms with Crippen molar-refractivity contribution >= 4 is 46.1 Å². The van der Waals surface area contributed by atoms with Crippen molar-refractivity contribution in [2.75, 3.05) is 66.0 Å². The first-order chi connectivity index (χ1) is 28.3. The molecule has 9 rings (SSSR count). The smallest absolute Gasteiger partial charge is 0.344 e. The van der Waals surface area contributed by atoms with Crippen LogP contribution in [0.1, 0.15) is 68.8 Å². The quantitative estimate of drug-likeness (QED) is 0.179. The van der Waals surface area contributed by atoms with E-state index in [1.54, 1.807) is 7.11 Å². The summed E-state index contributed by atoms with van der Waals surface area (Å²) in [5, 5.41) is 14.9. The number of carbonyl (C=O) groups excluding carboxylic acids is 3. The third kappa shape index (κ3) is 5.21. The summed E-state index contributed by atoms with van der Waals surface area (Å²) in [6, 6.07) is 8.74. The van der Waals surface area contributed by atoms with Crippen molar-refractivity contribution < 1.29 is 38.4 Å². The SMILES string of the molecule is CCC1=C[C@H]2CN(CCc3c([nH]c4c(Cl)cccc34)[C@@](C(=O)OC)(c3cc4c(cc3OC)N(C)[C@H]3[C@@](O)(C(=O)OC)[C@H](OC(C)=O)[C@]5(CC)C=CCN6CC[C@]43[C@@H]65)C2)C1. The van der Waals surface area contributed by atoms with Crippen molar-refractivity contribution in [2.24, 2.45) is 11.3 Å². The van der Waals surface area contributed by atoms with Crippen molar-refractivity contribution in [3.63, 3.8) is 0 Å². The topological polar surface area (TPSA) is 134 Å². The number of H-pyrrole nitrogens is 1. The lowest BCUT2D eigenvalue weighted by molar-refractivity contribution is -0.228. The maximum absolute atomic E-state index is 15.3. The number of methoxy groups -OCH3 is 3. The van der Waals surface area contributed by atoms with E-state index in [-0.39, 0.29) is 12.0 Å². The second kappa shape index (κ2) is 14.1. The van der Waals surface area contributed by atoms with Gasteiger partial charge in [0.1, 0.15) is 11.2 Å². The van der Waals surface area contributed by atoms with Crippen LogP contribution in [0.5, 0.6) is 5.75 Å². The van der Waals surface area contributed by atoms with Crippen molar-refractivity contribution in [1.29, 1.82) is 0 Å². The van der Waals surface area contributed by atoms with E-state index >= 15 is 4.79 Å². The molecule has 3 aromatic rings. The molecule has 2 aromatic carbocycles. The second-order valence-electron chi connectivity index (χ2n) is 17.6. The van der Waals surface area contributed by atoms with Crippen molar-refractivity contribution in [2.45, 2.75) is 87.5 Å². The zero-order valence-electron chi connectivity index (χ0n) is 35.0. The summed E-state index contributed by atoms with van der Waals surface area (Å²) in [6.45, 7) is 9.28. The summed E-state index contributed by atoms with van der Waals surface area (Å²) < 4.78 is 24.0. The molecule has 5 aliphatic heterocycles. The molecule has 1 aliphatic carbocycles. The number of nitrogens with zero attached hydrogens (tertiary/aromatic N) is 3. The zero-order chi connectivity index (χ0) is 41.8. The first-order valence-electron chi connectivity index (χ1n) is 21.0. The van der Waals surface area contributed by atoms with Gasteiger partial charge in [-0.15, -0.1) is 0 Å². The molecule has 1 saturated heterocycles. The number of aromatic nitrogens is 1. The fraction of sp³-hybridized carbons (Fsp3) is 0.543. The molecule has 0 amide bonds. The Morgan fingerprint density at radius 2 is 1.81 bits per heavy atom. The average molecular weight is 827 g/mol. The predicted molar refractivity (Wildman–Crippen MR) is 224 cm³/mol. The number of anilines is 1. The first-order valence-corrected chi connectivity index (χ1v) is 21.3. The number of fused-ring (bicyclic) bond motifs is 6. The van der Waals surface area contributed by atoms with E-state index in [0.29, 0.717) is 55.1 Å². The number of aliphatic hydroxyl groups is 1. The third-order valence-electron chi connectivity index (χ3n) is 15.1. The van der Waals surface area contributed by atoms with Gasteiger partial charge in [0.15, 0.2) is 6.10 Å². The molecule has 59 heavy (non-hydrogen) atoms. The largest absolute Gasteiger partial charge is 0.496 e. The lowest BCUT2D eigenvalue weighted by atomic mass is 9.47. The molecule has 0 radical (unpaired) electrons. The maximum Gasteiger partial charge on any atom is 0.344 e. The highest BCUT2D eigenvalue weighted by atomic mass is 35.5. The number of carbonyl (C=O) groups is 3. The van der Waals surface area contributed by atoms with Gasteiger partial charge in [-0.1, -0.05) is 61.4 Å². The van der Waals surface area contributed by atoms with Crippen molar-refractivity contribution in [1.82, 2.24) is 14.8 Å². The summed E-state index contributed by atoms with van der Waals surface area (Å²) >= 11 is 6.94. The molecule has 1 spiro atoms. The van der Waals surface area contributed by atoms with E-state index in [4.69, 9.17) is 30.5 Å². The minimum Gasteiger partial charge on any atom is -0.496 e. The summed E-state index contributed by atoms with van der Waals surface area (Å²) in [6.07, 6.45) is 8.22. The summed E-state index contributed by atoms with van der Waals surface area (Å²) in [5.74, 6) is -1.44. The number of para-hydroxylation sites is 1. The van der Waals surface area contributed by atoms with Gasteiger partial charge >= 0.3 is 17.9 Å². The Morgan fingerprint density at radius 3 is 2.51 bits per heavy atom. The number of halogens is 1. The number of hydrogen-bond acceptors (Lipinski definition) is 11. The minimum atomic E-state index is -2.29. The number of hydrogen-bond donors (Lipinski definition) is 2. The van der Waals surface area contributed by atoms with Gasteiger partial charge in [-0.3, -0.25) is 19.4 Å². The standard InChI is InChI=1S/C46H55ClN4O8/c1-8-27-20-28-23-45(41(53)57-6,37-30(14-18-50(24-27)25-28)29-12-10-13-33(47)36(29)48-37)32-21-31-34(22-35(32)56-5)49(4)39-44(31)16-19-51-17-11-15-43(9-2,38(44)51)40(59-26(3)52)46(39,55)42(54)58-7/h10-13,15,20-22,28,38-40,48,55H,8-9,14,16-19,23-25H2,1-7H3/t28-,38+,39-,40-,43-,44-,45+,46+/m1/s1. The van der Waals surface area contributed by atoms with Crippen LogP contribution in [0, 0.1) is 11.3 Å². The van der Waals surface area contributed by atoms with E-state index in [0.717, 1.165) is 59.5 Å². The minimum absolute atomic E-state index is 0.0149. The second-order valence-corrected chi connectivity index (χ2v) is 18.0. The fourth-order valence-electron chi connectivity index (χ4n) is 13.1. The average Bonchev–Trinajstić information content (AvgIpc) is 3.90. The Hall–Kier alpha value is -4.36. The molecule has 6 aliphatic rings. The van der Waals surface area contributed by atoms with Crippen LogP contribution >= 0.6 is 11.6 Å². The molecule has 12 nitrogen and oxygen atoms in total. The Labute approximate surface area is 350 Å². The van der Waals surface area contributed by atoms with Crippen LogP contribution in [0.25, 0.3) is 10.9 Å². The lowest BCUT2D eigenvalue weighted by Gasteiger charge is -2.63. The molecule has 2 N–H and O–H groups in total. The fourth-order valence-corrected chi connectivity index (χ4v) is 13.3. The lowest BCUT2D eigenvalue weighted by Crippen LogP contribution is -2.81. The highest BCUT2D eigenvalue weighted by Crippen LogP contribution is 2.68. The van der Waals surface area contributed by atoms with Gasteiger partial charge in [-0.2, -0.15) is 0 Å². The van der Waals surface area contributed by atoms with E-state index in [9.17, 15) is 14.7 Å². The summed E-state index contributed by atoms with van der Waals surface area (Å²) in [5.41, 5.74) is 0.530. The molecule has 314 valence electrons. The Balaban J connectivity index is 1.38. The Bertz CT molecular complexity index is 2320. The molecule has 2 bridgehead atoms. The van der Waals surface area contributed by atoms with Gasteiger partial charge in [-0.25, -0.2) is 4.79 Å². The van der Waals surface area contributed by atoms with Crippen LogP contribution in [0.2, 0.25) is 5.02 Å². The molecular weight excluding hydrogens is 772 g/mol.